The molecule has 3 nitrogen and oxygen atoms in total. The molecule has 0 amide bonds. The van der Waals surface area contributed by atoms with Gasteiger partial charge in [-0.1, -0.05) is 0 Å². The number of sulfone groups is 1. The molecule has 0 spiro atoms. The molecule has 0 saturated carbocycles. The van der Waals surface area contributed by atoms with Gasteiger partial charge in [-0.2, -0.15) is 0 Å². The van der Waals surface area contributed by atoms with Gasteiger partial charge in [-0.15, -0.1) is 0 Å². The fourth-order valence-electron chi connectivity index (χ4n) is 0.741. The molecule has 0 aromatic carbocycles. The van der Waals surface area contributed by atoms with Crippen molar-refractivity contribution in [3.05, 3.63) is 0 Å². The van der Waals surface area contributed by atoms with Gasteiger partial charge < -0.3 is 5.73 Å². The molecular weight excluding hydrogens is 126 g/mol. The van der Waals surface area contributed by atoms with E-state index < -0.39 is 9.84 Å². The molecule has 1 aliphatic rings. The highest BCUT2D eigenvalue weighted by Gasteiger charge is 2.33. The number of rotatable bonds is 1. The summed E-state index contributed by atoms with van der Waals surface area (Å²) in [6.07, 6.45) is 0.763. The lowest BCUT2D eigenvalue weighted by Crippen LogP contribution is -2.41. The Morgan fingerprint density at radius 2 is 2.25 bits per heavy atom. The zero-order valence-corrected chi connectivity index (χ0v) is 5.32. The highest BCUT2D eigenvalue weighted by atomic mass is 32.2. The third-order valence-corrected chi connectivity index (χ3v) is 3.74. The average molecular weight is 135 g/mol. The van der Waals surface area contributed by atoms with Crippen molar-refractivity contribution in [2.45, 2.75) is 11.7 Å². The monoisotopic (exact) mass is 135 g/mol. The predicted octanol–water partition coefficient (Wildman–Crippen LogP) is -0.868. The molecule has 0 aromatic rings. The first-order valence-corrected chi connectivity index (χ1v) is 4.30. The summed E-state index contributed by atoms with van der Waals surface area (Å²) in [5.41, 5.74) is 5.13. The number of hydrogen-bond donors (Lipinski definition) is 1. The SMILES string of the molecule is NC[C@H]1CCS1(=O)=O. The Morgan fingerprint density at radius 1 is 1.62 bits per heavy atom. The van der Waals surface area contributed by atoms with Crippen molar-refractivity contribution in [2.24, 2.45) is 5.73 Å². The Hall–Kier alpha value is -0.0900. The molecule has 4 heteroatoms. The van der Waals surface area contributed by atoms with Crippen LogP contribution in [0.15, 0.2) is 0 Å². The summed E-state index contributed by atoms with van der Waals surface area (Å²) < 4.78 is 21.1. The zero-order chi connectivity index (χ0) is 6.20. The van der Waals surface area contributed by atoms with Crippen LogP contribution in [-0.2, 0) is 9.84 Å². The summed E-state index contributed by atoms with van der Waals surface area (Å²) in [5.74, 6) is 0.342. The van der Waals surface area contributed by atoms with Crippen LogP contribution < -0.4 is 5.73 Å². The summed E-state index contributed by atoms with van der Waals surface area (Å²) in [6.45, 7) is 0.294. The van der Waals surface area contributed by atoms with E-state index in [1.165, 1.54) is 0 Å². The van der Waals surface area contributed by atoms with Crippen molar-refractivity contribution in [3.8, 4) is 0 Å². The van der Waals surface area contributed by atoms with Gasteiger partial charge in [0.2, 0.25) is 0 Å². The Kier molecular flexibility index (Phi) is 1.28. The fraction of sp³-hybridized carbons (Fsp3) is 1.00. The average Bonchev–Trinajstić information content (AvgIpc) is 1.66. The van der Waals surface area contributed by atoms with Gasteiger partial charge in [0.15, 0.2) is 9.84 Å². The highest BCUT2D eigenvalue weighted by Crippen LogP contribution is 2.18. The molecule has 1 rings (SSSR count). The molecule has 0 unspecified atom stereocenters. The van der Waals surface area contributed by atoms with Crippen LogP contribution >= 0.6 is 0 Å². The van der Waals surface area contributed by atoms with Gasteiger partial charge in [0, 0.05) is 6.54 Å². The van der Waals surface area contributed by atoms with Crippen molar-refractivity contribution >= 4 is 9.84 Å². The van der Waals surface area contributed by atoms with Crippen LogP contribution in [0, 0.1) is 0 Å². The predicted molar refractivity (Wildman–Crippen MR) is 31.2 cm³/mol. The second-order valence-electron chi connectivity index (χ2n) is 2.01. The minimum absolute atomic E-state index is 0.220. The van der Waals surface area contributed by atoms with E-state index >= 15 is 0 Å². The van der Waals surface area contributed by atoms with Gasteiger partial charge >= 0.3 is 0 Å². The third-order valence-electron chi connectivity index (χ3n) is 1.50. The Morgan fingerprint density at radius 3 is 2.25 bits per heavy atom. The maximum absolute atomic E-state index is 10.6. The van der Waals surface area contributed by atoms with E-state index in [0.717, 1.165) is 6.42 Å². The molecule has 1 saturated heterocycles. The largest absolute Gasteiger partial charge is 0.329 e. The minimum Gasteiger partial charge on any atom is -0.329 e. The van der Waals surface area contributed by atoms with Crippen LogP contribution in [0.2, 0.25) is 0 Å². The van der Waals surface area contributed by atoms with E-state index in [-0.39, 0.29) is 5.25 Å². The van der Waals surface area contributed by atoms with Gasteiger partial charge in [0.25, 0.3) is 0 Å². The maximum Gasteiger partial charge on any atom is 0.154 e. The van der Waals surface area contributed by atoms with Crippen LogP contribution in [0.1, 0.15) is 6.42 Å². The van der Waals surface area contributed by atoms with Crippen molar-refractivity contribution < 1.29 is 8.42 Å². The summed E-state index contributed by atoms with van der Waals surface area (Å²) in [7, 11) is -2.70. The Labute approximate surface area is 48.8 Å². The molecule has 1 fully saturated rings. The molecule has 2 N–H and O–H groups in total. The molecule has 0 aromatic heterocycles. The standard InChI is InChI=1S/C4H9NO2S/c5-3-4-1-2-8(4,6)7/h4H,1-3,5H2/t4-/m1/s1. The lowest BCUT2D eigenvalue weighted by molar-refractivity contribution is 0.549. The summed E-state index contributed by atoms with van der Waals surface area (Å²) in [5, 5.41) is -0.220. The highest BCUT2D eigenvalue weighted by molar-refractivity contribution is 7.93. The van der Waals surface area contributed by atoms with Crippen LogP contribution in [0.5, 0.6) is 0 Å². The van der Waals surface area contributed by atoms with E-state index in [9.17, 15) is 8.42 Å². The van der Waals surface area contributed by atoms with Gasteiger partial charge in [-0.3, -0.25) is 0 Å². The lowest BCUT2D eigenvalue weighted by atomic mass is 10.3. The first kappa shape index (κ1) is 6.04. The number of hydrogen-bond acceptors (Lipinski definition) is 3. The van der Waals surface area contributed by atoms with Crippen molar-refractivity contribution in [3.63, 3.8) is 0 Å². The summed E-state index contributed by atoms with van der Waals surface area (Å²) in [6, 6.07) is 0. The molecule has 1 aliphatic heterocycles. The smallest absolute Gasteiger partial charge is 0.154 e. The molecular formula is C4H9NO2S. The second-order valence-corrected chi connectivity index (χ2v) is 4.41. The topological polar surface area (TPSA) is 60.2 Å². The van der Waals surface area contributed by atoms with Gasteiger partial charge in [-0.25, -0.2) is 8.42 Å². The van der Waals surface area contributed by atoms with Crippen LogP contribution in [0.3, 0.4) is 0 Å². The molecule has 48 valence electrons. The van der Waals surface area contributed by atoms with Crippen molar-refractivity contribution in [2.75, 3.05) is 12.3 Å². The van der Waals surface area contributed by atoms with E-state index in [1.54, 1.807) is 0 Å². The fourth-order valence-corrected chi connectivity index (χ4v) is 1.99. The zero-order valence-electron chi connectivity index (χ0n) is 4.50. The van der Waals surface area contributed by atoms with Crippen molar-refractivity contribution in [1.82, 2.24) is 0 Å². The second kappa shape index (κ2) is 1.70. The van der Waals surface area contributed by atoms with Crippen LogP contribution in [-0.4, -0.2) is 26.0 Å². The van der Waals surface area contributed by atoms with E-state index in [1.807, 2.05) is 0 Å². The Balaban J connectivity index is 2.64. The van der Waals surface area contributed by atoms with E-state index in [0.29, 0.717) is 12.3 Å². The third kappa shape index (κ3) is 0.736. The van der Waals surface area contributed by atoms with E-state index in [4.69, 9.17) is 5.73 Å². The van der Waals surface area contributed by atoms with Crippen LogP contribution in [0.4, 0.5) is 0 Å². The molecule has 1 heterocycles. The summed E-state index contributed by atoms with van der Waals surface area (Å²) >= 11 is 0. The normalized spacial score (nSPS) is 33.9. The van der Waals surface area contributed by atoms with Crippen LogP contribution in [0.25, 0.3) is 0 Å². The van der Waals surface area contributed by atoms with Crippen molar-refractivity contribution in [1.29, 1.82) is 0 Å². The quantitative estimate of drug-likeness (QED) is 0.508. The number of nitrogens with two attached hydrogens (primary N) is 1. The molecule has 0 aliphatic carbocycles. The minimum atomic E-state index is -2.70. The van der Waals surface area contributed by atoms with Gasteiger partial charge in [-0.05, 0) is 6.42 Å². The summed E-state index contributed by atoms with van der Waals surface area (Å²) in [4.78, 5) is 0. The Bertz CT molecular complexity index is 170. The first-order valence-electron chi connectivity index (χ1n) is 2.58. The molecule has 1 atom stereocenters. The van der Waals surface area contributed by atoms with Gasteiger partial charge in [0.1, 0.15) is 0 Å². The molecule has 0 bridgehead atoms. The molecule has 0 radical (unpaired) electrons. The van der Waals surface area contributed by atoms with Gasteiger partial charge in [0.05, 0.1) is 11.0 Å². The lowest BCUT2D eigenvalue weighted by Gasteiger charge is -2.23. The maximum atomic E-state index is 10.6. The first-order chi connectivity index (χ1) is 3.67. The molecule has 8 heavy (non-hydrogen) atoms. The van der Waals surface area contributed by atoms with E-state index in [2.05, 4.69) is 0 Å².